The third-order valence-corrected chi connectivity index (χ3v) is 4.84. The van der Waals surface area contributed by atoms with E-state index in [-0.39, 0.29) is 22.1 Å². The first kappa shape index (κ1) is 18.7. The number of methoxy groups -OCH3 is 1. The second-order valence-electron chi connectivity index (χ2n) is 6.53. The molecule has 29 heavy (non-hydrogen) atoms. The number of fused-ring (bicyclic) bond motifs is 2. The minimum Gasteiger partial charge on any atom is -0.497 e. The average Bonchev–Trinajstić information content (AvgIpc) is 2.72. The Morgan fingerprint density at radius 1 is 1.17 bits per heavy atom. The molecule has 4 aromatic rings. The number of H-pyrrole nitrogens is 1. The number of aromatic amines is 1. The van der Waals surface area contributed by atoms with Gasteiger partial charge in [0.15, 0.2) is 5.82 Å². The number of pyridine rings is 1. The number of halogens is 1. The summed E-state index contributed by atoms with van der Waals surface area (Å²) >= 11 is 6.32. The van der Waals surface area contributed by atoms with E-state index in [1.165, 1.54) is 0 Å². The van der Waals surface area contributed by atoms with Gasteiger partial charge in [-0.05, 0) is 49.4 Å². The van der Waals surface area contributed by atoms with Gasteiger partial charge in [-0.3, -0.25) is 4.79 Å². The van der Waals surface area contributed by atoms with E-state index in [1.54, 1.807) is 31.4 Å². The number of hydrogen-bond donors (Lipinski definition) is 1. The van der Waals surface area contributed by atoms with Crippen LogP contribution in [0, 0.1) is 18.3 Å². The molecule has 0 aliphatic rings. The average molecular weight is 403 g/mol. The summed E-state index contributed by atoms with van der Waals surface area (Å²) in [5.74, 6) is 0.864. The molecule has 6 nitrogen and oxygen atoms in total. The quantitative estimate of drug-likeness (QED) is 0.402. The number of nitrogens with zero attached hydrogens (tertiary/aromatic N) is 3. The van der Waals surface area contributed by atoms with Gasteiger partial charge >= 0.3 is 0 Å². The van der Waals surface area contributed by atoms with Gasteiger partial charge in [0, 0.05) is 10.9 Å². The molecule has 4 rings (SSSR count). The highest BCUT2D eigenvalue weighted by molar-refractivity contribution is 6.31. The number of ether oxygens (including phenoxy) is 1. The Bertz CT molecular complexity index is 1400. The summed E-state index contributed by atoms with van der Waals surface area (Å²) in [5, 5.41) is 11.2. The lowest BCUT2D eigenvalue weighted by atomic mass is 10.1. The van der Waals surface area contributed by atoms with E-state index in [1.807, 2.05) is 31.2 Å². The number of aryl methyl sites for hydroxylation is 1. The first-order valence-corrected chi connectivity index (χ1v) is 9.13. The summed E-state index contributed by atoms with van der Waals surface area (Å²) in [6, 6.07) is 14.7. The smallest absolute Gasteiger partial charge is 0.259 e. The Kier molecular flexibility index (Phi) is 4.75. The van der Waals surface area contributed by atoms with Crippen molar-refractivity contribution in [3.8, 4) is 11.8 Å². The van der Waals surface area contributed by atoms with Gasteiger partial charge in [-0.25, -0.2) is 9.97 Å². The highest BCUT2D eigenvalue weighted by Gasteiger charge is 2.11. The predicted octanol–water partition coefficient (Wildman–Crippen LogP) is 4.51. The molecular weight excluding hydrogens is 388 g/mol. The Morgan fingerprint density at radius 3 is 2.72 bits per heavy atom. The zero-order valence-electron chi connectivity index (χ0n) is 15.7. The fraction of sp³-hybridized carbons (Fsp3) is 0.0909. The van der Waals surface area contributed by atoms with E-state index >= 15 is 0 Å². The van der Waals surface area contributed by atoms with Crippen LogP contribution in [-0.2, 0) is 0 Å². The molecule has 0 saturated carbocycles. The number of hydrogen-bond acceptors (Lipinski definition) is 5. The van der Waals surface area contributed by atoms with E-state index in [9.17, 15) is 10.1 Å². The molecule has 0 spiro atoms. The van der Waals surface area contributed by atoms with Gasteiger partial charge in [0.05, 0.1) is 29.1 Å². The summed E-state index contributed by atoms with van der Waals surface area (Å²) in [6.07, 6.45) is 1.56. The second kappa shape index (κ2) is 7.38. The highest BCUT2D eigenvalue weighted by atomic mass is 35.5. The summed E-state index contributed by atoms with van der Waals surface area (Å²) in [5.41, 5.74) is 2.59. The number of benzene rings is 2. The van der Waals surface area contributed by atoms with Crippen molar-refractivity contribution in [1.82, 2.24) is 15.0 Å². The first-order valence-electron chi connectivity index (χ1n) is 8.75. The minimum atomic E-state index is -0.303. The van der Waals surface area contributed by atoms with Gasteiger partial charge in [-0.1, -0.05) is 23.2 Å². The van der Waals surface area contributed by atoms with Crippen LogP contribution in [0.3, 0.4) is 0 Å². The topological polar surface area (TPSA) is 91.7 Å². The number of nitrogens with one attached hydrogen (secondary N) is 1. The zero-order valence-corrected chi connectivity index (χ0v) is 16.4. The van der Waals surface area contributed by atoms with Crippen molar-refractivity contribution in [2.24, 2.45) is 0 Å². The maximum atomic E-state index is 12.5. The second-order valence-corrected chi connectivity index (χ2v) is 6.89. The Hall–Kier alpha value is -3.69. The van der Waals surface area contributed by atoms with Gasteiger partial charge in [-0.2, -0.15) is 5.26 Å². The van der Waals surface area contributed by atoms with Gasteiger partial charge in [-0.15, -0.1) is 0 Å². The van der Waals surface area contributed by atoms with E-state index < -0.39 is 0 Å². The van der Waals surface area contributed by atoms with Gasteiger partial charge in [0.1, 0.15) is 17.0 Å². The van der Waals surface area contributed by atoms with E-state index in [4.69, 9.17) is 16.3 Å². The zero-order chi connectivity index (χ0) is 20.5. The van der Waals surface area contributed by atoms with Crippen LogP contribution in [0.2, 0.25) is 5.15 Å². The van der Waals surface area contributed by atoms with Crippen molar-refractivity contribution in [3.63, 3.8) is 0 Å². The van der Waals surface area contributed by atoms with E-state index in [0.717, 1.165) is 10.9 Å². The van der Waals surface area contributed by atoms with Gasteiger partial charge in [0.25, 0.3) is 5.56 Å². The molecule has 0 bridgehead atoms. The molecule has 2 heterocycles. The van der Waals surface area contributed by atoms with E-state index in [0.29, 0.717) is 27.7 Å². The molecule has 0 unspecified atom stereocenters. The van der Waals surface area contributed by atoms with Crippen molar-refractivity contribution >= 4 is 45.1 Å². The molecule has 142 valence electrons. The molecule has 0 aliphatic carbocycles. The largest absolute Gasteiger partial charge is 0.497 e. The summed E-state index contributed by atoms with van der Waals surface area (Å²) in [4.78, 5) is 23.9. The highest BCUT2D eigenvalue weighted by Crippen LogP contribution is 2.27. The van der Waals surface area contributed by atoms with Crippen molar-refractivity contribution in [1.29, 1.82) is 5.26 Å². The molecule has 0 radical (unpaired) electrons. The maximum Gasteiger partial charge on any atom is 0.259 e. The number of aromatic nitrogens is 3. The Morgan fingerprint density at radius 2 is 1.97 bits per heavy atom. The molecule has 2 aromatic carbocycles. The summed E-state index contributed by atoms with van der Waals surface area (Å²) in [7, 11) is 1.59. The molecule has 7 heteroatoms. The lowest BCUT2D eigenvalue weighted by Gasteiger charge is -2.06. The lowest BCUT2D eigenvalue weighted by Crippen LogP contribution is -2.11. The Balaban J connectivity index is 1.87. The van der Waals surface area contributed by atoms with Crippen LogP contribution in [0.15, 0.2) is 47.3 Å². The third kappa shape index (κ3) is 3.56. The van der Waals surface area contributed by atoms with Crippen LogP contribution in [0.4, 0.5) is 0 Å². The molecule has 1 N–H and O–H groups in total. The van der Waals surface area contributed by atoms with Gasteiger partial charge in [0.2, 0.25) is 0 Å². The van der Waals surface area contributed by atoms with Crippen molar-refractivity contribution in [3.05, 3.63) is 74.9 Å². The number of allylic oxidation sites excluding steroid dienone is 1. The third-order valence-electron chi connectivity index (χ3n) is 4.54. The van der Waals surface area contributed by atoms with Crippen LogP contribution in [0.25, 0.3) is 33.5 Å². The first-order chi connectivity index (χ1) is 14.0. The normalized spacial score (nSPS) is 11.6. The standard InChI is InChI=1S/C22H15ClN4O2/c1-12-3-5-19-17(7-12)22(28)27-21(26-19)15(11-24)9-14-8-13-10-16(29-2)4-6-18(13)25-20(14)23/h3-10H,1-2H3,(H,26,27,28). The fourth-order valence-electron chi connectivity index (χ4n) is 3.06. The monoisotopic (exact) mass is 402 g/mol. The van der Waals surface area contributed by atoms with Crippen molar-refractivity contribution < 1.29 is 4.74 Å². The SMILES string of the molecule is COc1ccc2nc(Cl)c(C=C(C#N)c3nc4ccc(C)cc4c(=O)[nH]3)cc2c1. The van der Waals surface area contributed by atoms with E-state index in [2.05, 4.69) is 21.0 Å². The summed E-state index contributed by atoms with van der Waals surface area (Å²) < 4.78 is 5.25. The summed E-state index contributed by atoms with van der Waals surface area (Å²) in [6.45, 7) is 1.90. The molecule has 0 atom stereocenters. The maximum absolute atomic E-state index is 12.5. The molecule has 0 saturated heterocycles. The van der Waals surface area contributed by atoms with Crippen LogP contribution < -0.4 is 10.3 Å². The minimum absolute atomic E-state index is 0.176. The number of nitriles is 1. The lowest BCUT2D eigenvalue weighted by molar-refractivity contribution is 0.415. The molecule has 0 amide bonds. The van der Waals surface area contributed by atoms with Crippen molar-refractivity contribution in [2.75, 3.05) is 7.11 Å². The molecular formula is C22H15ClN4O2. The Labute approximate surface area is 171 Å². The fourth-order valence-corrected chi connectivity index (χ4v) is 3.26. The van der Waals surface area contributed by atoms with Crippen LogP contribution in [0.1, 0.15) is 17.0 Å². The van der Waals surface area contributed by atoms with Gasteiger partial charge < -0.3 is 9.72 Å². The molecule has 0 fully saturated rings. The van der Waals surface area contributed by atoms with Crippen molar-refractivity contribution in [2.45, 2.75) is 6.92 Å². The van der Waals surface area contributed by atoms with Crippen LogP contribution in [0.5, 0.6) is 5.75 Å². The molecule has 2 aromatic heterocycles. The van der Waals surface area contributed by atoms with Crippen LogP contribution >= 0.6 is 11.6 Å². The van der Waals surface area contributed by atoms with Crippen LogP contribution in [-0.4, -0.2) is 22.1 Å². The predicted molar refractivity (Wildman–Crippen MR) is 114 cm³/mol. The number of rotatable bonds is 3. The molecule has 0 aliphatic heterocycles.